The van der Waals surface area contributed by atoms with Gasteiger partial charge in [0.2, 0.25) is 0 Å². The number of nitrogens with one attached hydrogen (secondary N) is 1. The minimum Gasteiger partial charge on any atom is -0.484 e. The lowest BCUT2D eigenvalue weighted by Gasteiger charge is -2.26. The molecule has 1 aromatic rings. The fraction of sp³-hybridized carbons (Fsp3) is 0.533. The molecule has 20 heavy (non-hydrogen) atoms. The van der Waals surface area contributed by atoms with E-state index in [4.69, 9.17) is 14.9 Å². The number of ether oxygens (including phenoxy) is 1. The van der Waals surface area contributed by atoms with Crippen molar-refractivity contribution in [3.05, 3.63) is 29.3 Å². The number of aliphatic hydroxyl groups is 2. The van der Waals surface area contributed by atoms with Crippen molar-refractivity contribution in [3.63, 3.8) is 0 Å². The zero-order chi connectivity index (χ0) is 14.6. The van der Waals surface area contributed by atoms with Gasteiger partial charge < -0.3 is 20.3 Å². The molecule has 110 valence electrons. The maximum absolute atomic E-state index is 11.7. The van der Waals surface area contributed by atoms with Gasteiger partial charge in [0.15, 0.2) is 6.61 Å². The summed E-state index contributed by atoms with van der Waals surface area (Å²) in [4.78, 5) is 11.7. The van der Waals surface area contributed by atoms with Crippen LogP contribution in [0.4, 0.5) is 0 Å². The molecule has 0 bridgehead atoms. The van der Waals surface area contributed by atoms with Crippen LogP contribution in [0.3, 0.4) is 0 Å². The molecule has 0 aliphatic heterocycles. The number of amides is 1. The van der Waals surface area contributed by atoms with Crippen molar-refractivity contribution >= 4 is 5.91 Å². The molecule has 1 amide bonds. The topological polar surface area (TPSA) is 78.8 Å². The molecule has 3 N–H and O–H groups in total. The monoisotopic (exact) mass is 279 g/mol. The van der Waals surface area contributed by atoms with Gasteiger partial charge in [-0.2, -0.15) is 0 Å². The number of aliphatic hydroxyl groups excluding tert-OH is 2. The lowest BCUT2D eigenvalue weighted by molar-refractivity contribution is -0.126. The highest BCUT2D eigenvalue weighted by molar-refractivity contribution is 5.78. The number of hydrogen-bond donors (Lipinski definition) is 3. The SMILES string of the molecule is CC(CO)(CO)NC(=O)COc1ccc2c(c1)CCC2. The van der Waals surface area contributed by atoms with Gasteiger partial charge in [-0.15, -0.1) is 0 Å². The van der Waals surface area contributed by atoms with Gasteiger partial charge in [0.05, 0.1) is 18.8 Å². The quantitative estimate of drug-likeness (QED) is 0.705. The second kappa shape index (κ2) is 6.24. The van der Waals surface area contributed by atoms with Crippen LogP contribution in [0.15, 0.2) is 18.2 Å². The Morgan fingerprint density at radius 2 is 2.00 bits per heavy atom. The number of carbonyl (C=O) groups excluding carboxylic acids is 1. The summed E-state index contributed by atoms with van der Waals surface area (Å²) in [6, 6.07) is 5.89. The highest BCUT2D eigenvalue weighted by atomic mass is 16.5. The molecule has 0 radical (unpaired) electrons. The van der Waals surface area contributed by atoms with Gasteiger partial charge in [-0.25, -0.2) is 0 Å². The van der Waals surface area contributed by atoms with Crippen molar-refractivity contribution < 1.29 is 19.7 Å². The van der Waals surface area contributed by atoms with Crippen LogP contribution in [-0.4, -0.2) is 41.5 Å². The number of fused-ring (bicyclic) bond motifs is 1. The fourth-order valence-corrected chi connectivity index (χ4v) is 2.29. The Labute approximate surface area is 118 Å². The normalized spacial score (nSPS) is 13.9. The molecule has 0 fully saturated rings. The molecule has 5 nitrogen and oxygen atoms in total. The smallest absolute Gasteiger partial charge is 0.258 e. The van der Waals surface area contributed by atoms with Crippen LogP contribution >= 0.6 is 0 Å². The number of benzene rings is 1. The molecule has 1 aliphatic rings. The summed E-state index contributed by atoms with van der Waals surface area (Å²) < 4.78 is 5.45. The number of rotatable bonds is 6. The Morgan fingerprint density at radius 1 is 1.30 bits per heavy atom. The molecule has 0 atom stereocenters. The molecule has 2 rings (SSSR count). The predicted octanol–water partition coefficient (Wildman–Crippen LogP) is 0.414. The van der Waals surface area contributed by atoms with Crippen molar-refractivity contribution in [1.29, 1.82) is 0 Å². The molecule has 0 saturated heterocycles. The van der Waals surface area contributed by atoms with Gasteiger partial charge in [-0.3, -0.25) is 4.79 Å². The summed E-state index contributed by atoms with van der Waals surface area (Å²) in [6.45, 7) is 0.789. The van der Waals surface area contributed by atoms with E-state index in [1.807, 2.05) is 18.2 Å². The molecular weight excluding hydrogens is 258 g/mol. The molecule has 1 aromatic carbocycles. The minimum absolute atomic E-state index is 0.131. The van der Waals surface area contributed by atoms with Crippen LogP contribution in [0.5, 0.6) is 5.75 Å². The van der Waals surface area contributed by atoms with Crippen LogP contribution in [0.2, 0.25) is 0 Å². The highest BCUT2D eigenvalue weighted by Crippen LogP contribution is 2.25. The Hall–Kier alpha value is -1.59. The summed E-state index contributed by atoms with van der Waals surface area (Å²) in [5.41, 5.74) is 1.63. The third-order valence-electron chi connectivity index (χ3n) is 3.58. The summed E-state index contributed by atoms with van der Waals surface area (Å²) in [5.74, 6) is 0.312. The molecule has 0 heterocycles. The van der Waals surface area contributed by atoms with Gasteiger partial charge in [0.25, 0.3) is 5.91 Å². The van der Waals surface area contributed by atoms with E-state index in [9.17, 15) is 4.79 Å². The van der Waals surface area contributed by atoms with Crippen molar-refractivity contribution in [2.75, 3.05) is 19.8 Å². The van der Waals surface area contributed by atoms with Gasteiger partial charge in [-0.05, 0) is 49.4 Å². The zero-order valence-corrected chi connectivity index (χ0v) is 11.7. The average Bonchev–Trinajstić information content (AvgIpc) is 2.92. The first-order valence-corrected chi connectivity index (χ1v) is 6.84. The van der Waals surface area contributed by atoms with Gasteiger partial charge in [0, 0.05) is 0 Å². The molecule has 0 saturated carbocycles. The van der Waals surface area contributed by atoms with Crippen LogP contribution in [0.25, 0.3) is 0 Å². The molecule has 1 aliphatic carbocycles. The maximum atomic E-state index is 11.7. The van der Waals surface area contributed by atoms with E-state index in [1.165, 1.54) is 17.5 Å². The Balaban J connectivity index is 1.87. The first-order valence-electron chi connectivity index (χ1n) is 6.84. The van der Waals surface area contributed by atoms with Crippen LogP contribution in [-0.2, 0) is 17.6 Å². The fourth-order valence-electron chi connectivity index (χ4n) is 2.29. The minimum atomic E-state index is -1.02. The van der Waals surface area contributed by atoms with E-state index < -0.39 is 5.54 Å². The number of aryl methyl sites for hydroxylation is 2. The highest BCUT2D eigenvalue weighted by Gasteiger charge is 2.24. The van der Waals surface area contributed by atoms with Crippen LogP contribution in [0, 0.1) is 0 Å². The summed E-state index contributed by atoms with van der Waals surface area (Å²) in [6.07, 6.45) is 3.35. The van der Waals surface area contributed by atoms with Crippen molar-refractivity contribution in [2.45, 2.75) is 31.7 Å². The maximum Gasteiger partial charge on any atom is 0.258 e. The lowest BCUT2D eigenvalue weighted by Crippen LogP contribution is -2.53. The van der Waals surface area contributed by atoms with Crippen LogP contribution in [0.1, 0.15) is 24.5 Å². The van der Waals surface area contributed by atoms with E-state index in [-0.39, 0.29) is 25.7 Å². The van der Waals surface area contributed by atoms with Crippen LogP contribution < -0.4 is 10.1 Å². The van der Waals surface area contributed by atoms with E-state index in [0.717, 1.165) is 12.8 Å². The third-order valence-corrected chi connectivity index (χ3v) is 3.58. The van der Waals surface area contributed by atoms with E-state index in [0.29, 0.717) is 5.75 Å². The predicted molar refractivity (Wildman–Crippen MR) is 74.7 cm³/mol. The Bertz CT molecular complexity index is 483. The average molecular weight is 279 g/mol. The summed E-state index contributed by atoms with van der Waals surface area (Å²) in [5, 5.41) is 20.8. The van der Waals surface area contributed by atoms with Crippen molar-refractivity contribution in [3.8, 4) is 5.75 Å². The van der Waals surface area contributed by atoms with Gasteiger partial charge >= 0.3 is 0 Å². The zero-order valence-electron chi connectivity index (χ0n) is 11.7. The molecule has 0 aromatic heterocycles. The number of hydrogen-bond acceptors (Lipinski definition) is 4. The molecule has 0 spiro atoms. The van der Waals surface area contributed by atoms with E-state index in [2.05, 4.69) is 5.32 Å². The largest absolute Gasteiger partial charge is 0.484 e. The first kappa shape index (κ1) is 14.8. The van der Waals surface area contributed by atoms with E-state index >= 15 is 0 Å². The van der Waals surface area contributed by atoms with E-state index in [1.54, 1.807) is 6.92 Å². The Kier molecular flexibility index (Phi) is 4.62. The molecule has 5 heteroatoms. The van der Waals surface area contributed by atoms with Crippen molar-refractivity contribution in [2.24, 2.45) is 0 Å². The Morgan fingerprint density at radius 3 is 2.70 bits per heavy atom. The standard InChI is InChI=1S/C15H21NO4/c1-15(9-17,10-18)16-14(19)8-20-13-6-5-11-3-2-4-12(11)7-13/h5-7,17-18H,2-4,8-10H2,1H3,(H,16,19). The van der Waals surface area contributed by atoms with Gasteiger partial charge in [0.1, 0.15) is 5.75 Å². The van der Waals surface area contributed by atoms with Crippen molar-refractivity contribution in [1.82, 2.24) is 5.32 Å². The molecular formula is C15H21NO4. The lowest BCUT2D eigenvalue weighted by atomic mass is 10.1. The summed E-state index contributed by atoms with van der Waals surface area (Å²) in [7, 11) is 0. The number of carbonyl (C=O) groups is 1. The third kappa shape index (κ3) is 3.49. The first-order chi connectivity index (χ1) is 9.56. The molecule has 0 unspecified atom stereocenters. The summed E-state index contributed by atoms with van der Waals surface area (Å²) >= 11 is 0. The van der Waals surface area contributed by atoms with Gasteiger partial charge in [-0.1, -0.05) is 6.07 Å². The second-order valence-corrected chi connectivity index (χ2v) is 5.50. The second-order valence-electron chi connectivity index (χ2n) is 5.50.